The van der Waals surface area contributed by atoms with Gasteiger partial charge in [0.05, 0.1) is 17.4 Å². The number of carbonyl (C=O) groups excluding carboxylic acids is 6. The highest BCUT2D eigenvalue weighted by atomic mass is 32.2. The highest BCUT2D eigenvalue weighted by molar-refractivity contribution is 7.90. The molecule has 0 aliphatic heterocycles. The number of nitrogens with zero attached hydrogens (tertiary/aromatic N) is 1. The van der Waals surface area contributed by atoms with Crippen molar-refractivity contribution in [3.8, 4) is 5.75 Å². The summed E-state index contributed by atoms with van der Waals surface area (Å²) in [5.74, 6) is -5.46. The number of hydrogen-bond donors (Lipinski definition) is 8. The van der Waals surface area contributed by atoms with Gasteiger partial charge in [0, 0.05) is 13.0 Å². The number of nitrogens with two attached hydrogens (primary N) is 2. The molecule has 20 heteroatoms. The van der Waals surface area contributed by atoms with Crippen molar-refractivity contribution in [2.45, 2.75) is 135 Å². The van der Waals surface area contributed by atoms with Gasteiger partial charge in [-0.15, -0.1) is 0 Å². The predicted molar refractivity (Wildman–Crippen MR) is 280 cm³/mol. The lowest BCUT2D eigenvalue weighted by Gasteiger charge is -2.27. The predicted octanol–water partition coefficient (Wildman–Crippen LogP) is 4.17. The highest BCUT2D eigenvalue weighted by Gasteiger charge is 2.34. The van der Waals surface area contributed by atoms with Gasteiger partial charge in [-0.05, 0) is 98.2 Å². The van der Waals surface area contributed by atoms with Crippen LogP contribution in [0, 0.1) is 32.6 Å². The van der Waals surface area contributed by atoms with E-state index in [-0.39, 0.29) is 74.3 Å². The smallest absolute Gasteiger partial charge is 0.329 e. The first-order chi connectivity index (χ1) is 35.0. The molecule has 0 aromatic heterocycles. The molecule has 4 aromatic rings. The standard InChI is InChI=1S/C54H72N8O11S/c1-33(2)25-42(55)49(65)59-45(30-47(64)72-31-39-15-10-8-11-16-39)52(68)60-44(26-34(3)4)51(67)58-43(19-14-24-57-54(56)62-74(70,71)48-36(6)27-35(5)28-37(48)7)50(66)61-46(29-38-20-22-41(63)23-21-38)53(69)73-32-40-17-12-9-13-18-40/h8-13,15-18,20-23,27-28,33-34,42-46,63H,14,19,24-26,29-32,55H2,1-7H3,(H,58,67)(H,59,65)(H,60,68)(H,61,66)(H3,56,57,62)/t42-,43+,44+,45-,46+/m1/s1. The molecule has 10 N–H and O–H groups in total. The Kier molecular flexibility index (Phi) is 23.1. The summed E-state index contributed by atoms with van der Waals surface area (Å²) in [7, 11) is -4.14. The number of guanidine groups is 1. The lowest BCUT2D eigenvalue weighted by Crippen LogP contribution is -2.59. The molecule has 19 nitrogen and oxygen atoms in total. The second-order valence-corrected chi connectivity index (χ2v) is 20.8. The first-order valence-electron chi connectivity index (χ1n) is 24.6. The van der Waals surface area contributed by atoms with Gasteiger partial charge in [0.25, 0.3) is 10.0 Å². The number of esters is 2. The molecule has 0 unspecified atom stereocenters. The monoisotopic (exact) mass is 1040 g/mol. The number of carbonyl (C=O) groups is 6. The van der Waals surface area contributed by atoms with Gasteiger partial charge in [0.2, 0.25) is 29.6 Å². The molecule has 4 rings (SSSR count). The Morgan fingerprint density at radius 1 is 0.635 bits per heavy atom. The van der Waals surface area contributed by atoms with E-state index in [1.54, 1.807) is 113 Å². The van der Waals surface area contributed by atoms with Crippen LogP contribution in [-0.4, -0.2) is 91.8 Å². The van der Waals surface area contributed by atoms with Gasteiger partial charge in [-0.1, -0.05) is 118 Å². The van der Waals surface area contributed by atoms with E-state index in [4.69, 9.17) is 20.9 Å². The normalized spacial score (nSPS) is 13.7. The van der Waals surface area contributed by atoms with Gasteiger partial charge < -0.3 is 47.3 Å². The zero-order chi connectivity index (χ0) is 54.5. The molecule has 5 atom stereocenters. The molecule has 4 amide bonds. The molecule has 0 bridgehead atoms. The van der Waals surface area contributed by atoms with Crippen LogP contribution in [0.2, 0.25) is 0 Å². The summed E-state index contributed by atoms with van der Waals surface area (Å²) in [6, 6.07) is 20.6. The van der Waals surface area contributed by atoms with Crippen LogP contribution in [0.3, 0.4) is 0 Å². The second kappa shape index (κ2) is 28.8. The fourth-order valence-corrected chi connectivity index (χ4v) is 9.46. The van der Waals surface area contributed by atoms with Crippen molar-refractivity contribution in [2.24, 2.45) is 28.3 Å². The number of aryl methyl sites for hydroxylation is 3. The van der Waals surface area contributed by atoms with Gasteiger partial charge in [0.15, 0.2) is 0 Å². The maximum absolute atomic E-state index is 14.5. The number of ether oxygens (including phenoxy) is 2. The lowest BCUT2D eigenvalue weighted by atomic mass is 10.0. The van der Waals surface area contributed by atoms with E-state index in [1.165, 1.54) is 12.1 Å². The highest BCUT2D eigenvalue weighted by Crippen LogP contribution is 2.22. The zero-order valence-corrected chi connectivity index (χ0v) is 44.0. The van der Waals surface area contributed by atoms with Crippen LogP contribution in [0.1, 0.15) is 93.2 Å². The second-order valence-electron chi connectivity index (χ2n) is 19.2. The van der Waals surface area contributed by atoms with Crippen LogP contribution in [-0.2, 0) is 67.9 Å². The molecule has 0 radical (unpaired) electrons. The Morgan fingerprint density at radius 3 is 1.70 bits per heavy atom. The molecule has 400 valence electrons. The van der Waals surface area contributed by atoms with Crippen molar-refractivity contribution in [1.29, 1.82) is 0 Å². The molecular formula is C54H72N8O11S. The Morgan fingerprint density at radius 2 is 1.14 bits per heavy atom. The van der Waals surface area contributed by atoms with Gasteiger partial charge >= 0.3 is 11.9 Å². The van der Waals surface area contributed by atoms with E-state index in [9.17, 15) is 42.3 Å². The average molecular weight is 1040 g/mol. The summed E-state index contributed by atoms with van der Waals surface area (Å²) in [5, 5.41) is 20.6. The number of phenols is 1. The van der Waals surface area contributed by atoms with Crippen LogP contribution in [0.4, 0.5) is 0 Å². The number of sulfonamides is 1. The Balaban J connectivity index is 1.62. The first kappa shape index (κ1) is 59.2. The summed E-state index contributed by atoms with van der Waals surface area (Å²) in [6.07, 6.45) is -0.455. The number of rotatable bonds is 27. The van der Waals surface area contributed by atoms with E-state index in [0.29, 0.717) is 27.8 Å². The number of nitrogens with one attached hydrogen (secondary N) is 5. The fourth-order valence-electron chi connectivity index (χ4n) is 8.05. The molecule has 74 heavy (non-hydrogen) atoms. The summed E-state index contributed by atoms with van der Waals surface area (Å²) >= 11 is 0. The molecule has 0 fully saturated rings. The van der Waals surface area contributed by atoms with Crippen molar-refractivity contribution >= 4 is 51.6 Å². The van der Waals surface area contributed by atoms with Crippen LogP contribution in [0.25, 0.3) is 0 Å². The van der Waals surface area contributed by atoms with Crippen LogP contribution in [0.15, 0.2) is 107 Å². The molecule has 0 aliphatic rings. The molecule has 0 spiro atoms. The van der Waals surface area contributed by atoms with Crippen LogP contribution >= 0.6 is 0 Å². The van der Waals surface area contributed by atoms with E-state index in [0.717, 1.165) is 5.56 Å². The SMILES string of the molecule is Cc1cc(C)c(S(=O)(=O)NC(N)=NCCC[C@H](NC(=O)[C@H](CC(C)C)NC(=O)[C@@H](CC(=O)OCc2ccccc2)NC(=O)[C@H](N)CC(C)C)C(=O)N[C@@H](Cc2ccc(O)cc2)C(=O)OCc2ccccc2)c(C)c1. The first-order valence-corrected chi connectivity index (χ1v) is 26.0. The van der Waals surface area contributed by atoms with Crippen LogP contribution < -0.4 is 37.5 Å². The third-order valence-corrected chi connectivity index (χ3v) is 13.2. The lowest BCUT2D eigenvalue weighted by molar-refractivity contribution is -0.149. The Hall–Kier alpha value is -7.32. The van der Waals surface area contributed by atoms with Gasteiger partial charge in [-0.3, -0.25) is 29.0 Å². The quantitative estimate of drug-likeness (QED) is 0.0180. The largest absolute Gasteiger partial charge is 0.508 e. The van der Waals surface area contributed by atoms with Gasteiger partial charge in [-0.25, -0.2) is 17.9 Å². The number of aromatic hydroxyl groups is 1. The summed E-state index contributed by atoms with van der Waals surface area (Å²) in [5.41, 5.74) is 16.1. The minimum Gasteiger partial charge on any atom is -0.508 e. The fraction of sp³-hybridized carbons (Fsp3) is 0.426. The van der Waals surface area contributed by atoms with Crippen molar-refractivity contribution in [3.63, 3.8) is 0 Å². The number of hydrogen-bond acceptors (Lipinski definition) is 13. The van der Waals surface area contributed by atoms with Gasteiger partial charge in [0.1, 0.15) is 43.1 Å². The van der Waals surface area contributed by atoms with Crippen molar-refractivity contribution < 1.29 is 51.8 Å². The third kappa shape index (κ3) is 19.9. The van der Waals surface area contributed by atoms with Crippen molar-refractivity contribution in [3.05, 3.63) is 130 Å². The minimum atomic E-state index is -4.14. The Bertz CT molecular complexity index is 2640. The topological polar surface area (TPSA) is 300 Å². The summed E-state index contributed by atoms with van der Waals surface area (Å²) < 4.78 is 40.2. The molecule has 4 aromatic carbocycles. The zero-order valence-electron chi connectivity index (χ0n) is 43.2. The van der Waals surface area contributed by atoms with E-state index >= 15 is 0 Å². The third-order valence-electron chi connectivity index (χ3n) is 11.5. The van der Waals surface area contributed by atoms with E-state index in [2.05, 4.69) is 31.0 Å². The number of phenolic OH excluding ortho intramolecular Hbond substituents is 1. The number of aliphatic imine (C=N–C) groups is 1. The van der Waals surface area contributed by atoms with E-state index in [1.807, 2.05) is 20.8 Å². The minimum absolute atomic E-state index is 0.0188. The van der Waals surface area contributed by atoms with Gasteiger partial charge in [-0.2, -0.15) is 0 Å². The van der Waals surface area contributed by atoms with Crippen molar-refractivity contribution in [1.82, 2.24) is 26.0 Å². The summed E-state index contributed by atoms with van der Waals surface area (Å²) in [4.78, 5) is 87.6. The molecule has 0 aliphatic carbocycles. The Labute approximate surface area is 434 Å². The van der Waals surface area contributed by atoms with Crippen LogP contribution in [0.5, 0.6) is 5.75 Å². The summed E-state index contributed by atoms with van der Waals surface area (Å²) in [6.45, 7) is 12.2. The number of amides is 4. The molecule has 0 heterocycles. The maximum Gasteiger partial charge on any atom is 0.329 e. The number of benzene rings is 4. The molecular weight excluding hydrogens is 969 g/mol. The average Bonchev–Trinajstić information content (AvgIpc) is 3.33. The van der Waals surface area contributed by atoms with E-state index < -0.39 is 88.2 Å². The maximum atomic E-state index is 14.5. The molecule has 0 saturated heterocycles. The molecule has 0 saturated carbocycles. The van der Waals surface area contributed by atoms with Crippen molar-refractivity contribution in [2.75, 3.05) is 6.54 Å².